The van der Waals surface area contributed by atoms with Crippen molar-refractivity contribution in [2.24, 2.45) is 0 Å². The molecule has 0 aliphatic rings. The van der Waals surface area contributed by atoms with E-state index in [2.05, 4.69) is 4.31 Å². The Labute approximate surface area is 51.4 Å². The first-order valence-electron chi connectivity index (χ1n) is 1.33. The fraction of sp³-hybridized carbons (Fsp3) is 0. The molecule has 0 saturated heterocycles. The first kappa shape index (κ1) is 11.8. The normalized spacial score (nSPS) is 11.1. The molecule has 0 aliphatic heterocycles. The molecule has 0 aliphatic carbocycles. The highest BCUT2D eigenvalue weighted by Gasteiger charge is 2.31. The lowest BCUT2D eigenvalue weighted by Gasteiger charge is -1.50. The Bertz CT molecular complexity index is 83.1. The summed E-state index contributed by atoms with van der Waals surface area (Å²) in [5, 5.41) is 12.0. The molecule has 9 heavy (non-hydrogen) atoms. The molecule has 0 spiro atoms. The van der Waals surface area contributed by atoms with Gasteiger partial charge in [-0.15, -0.1) is 9.79 Å². The molecule has 0 amide bonds. The van der Waals surface area contributed by atoms with E-state index in [4.69, 9.17) is 20.3 Å². The summed E-state index contributed by atoms with van der Waals surface area (Å²) in [5.41, 5.74) is 0. The van der Waals surface area contributed by atoms with Gasteiger partial charge in [0.1, 0.15) is 0 Å². The van der Waals surface area contributed by atoms with Gasteiger partial charge in [0.15, 0.2) is 4.31 Å². The minimum absolute atomic E-state index is 2.92. The molecule has 0 aromatic carbocycles. The van der Waals surface area contributed by atoms with E-state index < -0.39 is 16.5 Å². The van der Waals surface area contributed by atoms with Gasteiger partial charge in [-0.05, 0) is 0 Å². The van der Waals surface area contributed by atoms with Crippen molar-refractivity contribution >= 4 is 16.5 Å². The van der Waals surface area contributed by atoms with Gasteiger partial charge in [0.2, 0.25) is 0 Å². The highest BCUT2D eigenvalue weighted by atomic mass is 31.2. The highest BCUT2D eigenvalue weighted by Crippen LogP contribution is 2.30. The van der Waals surface area contributed by atoms with Crippen LogP contribution in [-0.2, 0) is 13.4 Å². The smallest absolute Gasteiger partial charge is 0.255 e. The van der Waals surface area contributed by atoms with Crippen molar-refractivity contribution in [3.63, 3.8) is 0 Å². The summed E-state index contributed by atoms with van der Waals surface area (Å²) >= 11 is 0. The highest BCUT2D eigenvalue weighted by molar-refractivity contribution is 7.46. The van der Waals surface area contributed by atoms with Crippen molar-refractivity contribution in [3.8, 4) is 0 Å². The fourth-order valence-corrected chi connectivity index (χ4v) is 0.538. The largest absolute Gasteiger partial charge is 0.745 e. The molecule has 0 fully saturated rings. The van der Waals surface area contributed by atoms with Gasteiger partial charge in [0, 0.05) is 9.13 Å². The zero-order chi connectivity index (χ0) is 7.86. The van der Waals surface area contributed by atoms with Gasteiger partial charge in [0.05, 0.1) is 0 Å². The first-order chi connectivity index (χ1) is 4.13. The zero-order valence-corrected chi connectivity index (χ0v) is 5.70. The van der Waals surface area contributed by atoms with Crippen LogP contribution in [0.3, 0.4) is 0 Å². The van der Waals surface area contributed by atoms with Crippen molar-refractivity contribution in [1.29, 1.82) is 0 Å². The Morgan fingerprint density at radius 1 is 1.00 bits per heavy atom. The molecule has 0 saturated carbocycles. The molecule has 54 valence electrons. The third-order valence-electron chi connectivity index (χ3n) is 0.140. The maximum absolute atomic E-state index is 9.39. The summed E-state index contributed by atoms with van der Waals surface area (Å²) in [6, 6.07) is 0. The molecule has 2 atom stereocenters. The van der Waals surface area contributed by atoms with Gasteiger partial charge in [-0.2, -0.15) is 0 Å². The number of hydrogen-bond acceptors (Lipinski definition) is 5. The van der Waals surface area contributed by atoms with Crippen LogP contribution in [0.5, 0.6) is 0 Å². The summed E-state index contributed by atoms with van der Waals surface area (Å²) in [7, 11) is -5.85. The van der Waals surface area contributed by atoms with E-state index in [1.807, 2.05) is 0 Å². The minimum Gasteiger partial charge on any atom is -0.255 e. The van der Waals surface area contributed by atoms with Crippen molar-refractivity contribution in [2.75, 3.05) is 0 Å². The van der Waals surface area contributed by atoms with Crippen LogP contribution in [0.25, 0.3) is 0 Å². The van der Waals surface area contributed by atoms with Gasteiger partial charge >= 0.3 is 16.5 Å². The lowest BCUT2D eigenvalue weighted by molar-refractivity contribution is -0.176. The Morgan fingerprint density at radius 3 is 1.22 bits per heavy atom. The topological polar surface area (TPSA) is 124 Å². The van der Waals surface area contributed by atoms with E-state index in [0.29, 0.717) is 0 Å². The lowest BCUT2D eigenvalue weighted by Crippen LogP contribution is -1.58. The molecular weight excluding hydrogens is 174 g/mol. The van der Waals surface area contributed by atoms with Crippen molar-refractivity contribution in [1.82, 2.24) is 0 Å². The maximum Gasteiger partial charge on any atom is 0.745 e. The van der Waals surface area contributed by atoms with E-state index >= 15 is 0 Å². The van der Waals surface area contributed by atoms with Crippen molar-refractivity contribution in [3.05, 3.63) is 0 Å². The van der Waals surface area contributed by atoms with Crippen LogP contribution in [0, 0.1) is 0 Å². The van der Waals surface area contributed by atoms with Crippen LogP contribution >= 0.6 is 16.5 Å². The van der Waals surface area contributed by atoms with Gasteiger partial charge in [-0.25, -0.2) is 0 Å². The Hall–Kier alpha value is -0.0000000000000000694. The minimum atomic E-state index is -2.92. The SMILES string of the molecule is O=[P+](O)O[P+](=O)O.OO. The Morgan fingerprint density at radius 2 is 1.22 bits per heavy atom. The van der Waals surface area contributed by atoms with E-state index in [1.54, 1.807) is 0 Å². The Kier molecular flexibility index (Phi) is 10.4. The lowest BCUT2D eigenvalue weighted by atomic mass is 15.0. The number of hydrogen-bond donors (Lipinski definition) is 4. The molecule has 0 rings (SSSR count). The van der Waals surface area contributed by atoms with Gasteiger partial charge < -0.3 is 0 Å². The average molecular weight is 178 g/mol. The molecule has 0 aromatic heterocycles. The third kappa shape index (κ3) is 18.0. The first-order valence-corrected chi connectivity index (χ1v) is 3.59. The van der Waals surface area contributed by atoms with Crippen molar-refractivity contribution in [2.45, 2.75) is 0 Å². The van der Waals surface area contributed by atoms with Crippen LogP contribution in [0.1, 0.15) is 0 Å². The molecular formula is H4O7P2+2. The molecule has 0 heterocycles. The number of rotatable bonds is 2. The van der Waals surface area contributed by atoms with E-state index in [1.165, 1.54) is 0 Å². The second kappa shape index (κ2) is 8.00. The fourth-order valence-electron chi connectivity index (χ4n) is 0.0598. The second-order valence-corrected chi connectivity index (χ2v) is 2.16. The summed E-state index contributed by atoms with van der Waals surface area (Å²) in [6.07, 6.45) is 0. The third-order valence-corrected chi connectivity index (χ3v) is 1.26. The summed E-state index contributed by atoms with van der Waals surface area (Å²) in [5.74, 6) is 0. The van der Waals surface area contributed by atoms with Gasteiger partial charge in [0.25, 0.3) is 0 Å². The van der Waals surface area contributed by atoms with Crippen LogP contribution in [-0.4, -0.2) is 20.3 Å². The van der Waals surface area contributed by atoms with Crippen LogP contribution in [0.2, 0.25) is 0 Å². The molecule has 4 N–H and O–H groups in total. The molecule has 0 bridgehead atoms. The quantitative estimate of drug-likeness (QED) is 0.272. The molecule has 2 unspecified atom stereocenters. The van der Waals surface area contributed by atoms with Gasteiger partial charge in [-0.3, -0.25) is 10.5 Å². The Balaban J connectivity index is 0. The van der Waals surface area contributed by atoms with E-state index in [-0.39, 0.29) is 0 Å². The second-order valence-electron chi connectivity index (χ2n) is 0.557. The predicted molar refractivity (Wildman–Crippen MR) is 26.0 cm³/mol. The van der Waals surface area contributed by atoms with Crippen molar-refractivity contribution < 1.29 is 33.7 Å². The van der Waals surface area contributed by atoms with Gasteiger partial charge in [-0.1, -0.05) is 0 Å². The molecule has 0 aromatic rings. The standard InChI is InChI=1S/O5P2.H2O2/c1-6(2)5-7(3)4;1-2/h;1-2H/p+2. The van der Waals surface area contributed by atoms with E-state index in [0.717, 1.165) is 0 Å². The predicted octanol–water partition coefficient (Wildman–Crippen LogP) is 0.320. The summed E-state index contributed by atoms with van der Waals surface area (Å²) in [4.78, 5) is 15.3. The summed E-state index contributed by atoms with van der Waals surface area (Å²) < 4.78 is 22.2. The molecule has 0 radical (unpaired) electrons. The zero-order valence-electron chi connectivity index (χ0n) is 3.91. The van der Waals surface area contributed by atoms with Crippen LogP contribution in [0.15, 0.2) is 0 Å². The van der Waals surface area contributed by atoms with E-state index in [9.17, 15) is 9.13 Å². The molecule has 7 nitrogen and oxygen atoms in total. The monoisotopic (exact) mass is 178 g/mol. The maximum atomic E-state index is 9.39. The average Bonchev–Trinajstić information content (AvgIpc) is 1.68. The summed E-state index contributed by atoms with van der Waals surface area (Å²) in [6.45, 7) is 0. The van der Waals surface area contributed by atoms with Crippen LogP contribution in [0.4, 0.5) is 0 Å². The van der Waals surface area contributed by atoms with Crippen LogP contribution < -0.4 is 0 Å². The molecule has 9 heteroatoms.